The molecule has 0 radical (unpaired) electrons. The number of nitriles is 1. The summed E-state index contributed by atoms with van der Waals surface area (Å²) in [6.45, 7) is -0.262. The van der Waals surface area contributed by atoms with Crippen LogP contribution in [-0.4, -0.2) is 23.5 Å². The fourth-order valence-corrected chi connectivity index (χ4v) is 1.53. The number of carbonyl (C=O) groups excluding carboxylic acids is 1. The summed E-state index contributed by atoms with van der Waals surface area (Å²) in [4.78, 5) is 20.7. The molecule has 14 heavy (non-hydrogen) atoms. The van der Waals surface area contributed by atoms with Gasteiger partial charge in [-0.3, -0.25) is 14.9 Å². The molecule has 0 aromatic carbocycles. The second-order valence-corrected chi connectivity index (χ2v) is 3.20. The number of carbonyl (C=O) groups is 1. The van der Waals surface area contributed by atoms with Crippen molar-refractivity contribution in [2.24, 2.45) is 5.92 Å². The van der Waals surface area contributed by atoms with Crippen LogP contribution in [0, 0.1) is 27.4 Å². The van der Waals surface area contributed by atoms with Crippen molar-refractivity contribution in [3.63, 3.8) is 0 Å². The molecule has 1 fully saturated rings. The van der Waals surface area contributed by atoms with Gasteiger partial charge in [0.15, 0.2) is 0 Å². The molecule has 0 amide bonds. The fourth-order valence-electron chi connectivity index (χ4n) is 1.53. The Morgan fingerprint density at radius 2 is 2.43 bits per heavy atom. The van der Waals surface area contributed by atoms with E-state index in [9.17, 15) is 14.9 Å². The van der Waals surface area contributed by atoms with Crippen LogP contribution in [0.15, 0.2) is 0 Å². The minimum absolute atomic E-state index is 0.0943. The molecule has 0 N–H and O–H groups in total. The van der Waals surface area contributed by atoms with E-state index in [0.29, 0.717) is 6.42 Å². The topological polar surface area (TPSA) is 93.2 Å². The number of nitrogens with zero attached hydrogens (tertiary/aromatic N) is 2. The van der Waals surface area contributed by atoms with Crippen LogP contribution >= 0.6 is 0 Å². The minimum Gasteiger partial charge on any atom is -0.462 e. The Morgan fingerprint density at radius 1 is 1.71 bits per heavy atom. The first kappa shape index (κ1) is 10.4. The number of hydrogen-bond acceptors (Lipinski definition) is 5. The number of rotatable bonds is 4. The van der Waals surface area contributed by atoms with Gasteiger partial charge in [-0.05, 0) is 6.42 Å². The molecule has 0 aliphatic carbocycles. The zero-order chi connectivity index (χ0) is 10.6. The Balaban J connectivity index is 2.50. The van der Waals surface area contributed by atoms with Gasteiger partial charge in [-0.2, -0.15) is 5.26 Å². The molecule has 1 heterocycles. The molecule has 0 aromatic heterocycles. The van der Waals surface area contributed by atoms with Gasteiger partial charge >= 0.3 is 5.97 Å². The zero-order valence-electron chi connectivity index (χ0n) is 7.51. The molecule has 6 heteroatoms. The lowest BCUT2D eigenvalue weighted by Gasteiger charge is -2.11. The van der Waals surface area contributed by atoms with E-state index in [1.165, 1.54) is 0 Å². The lowest BCUT2D eigenvalue weighted by atomic mass is 9.98. The molecule has 1 aliphatic heterocycles. The van der Waals surface area contributed by atoms with Crippen LogP contribution in [0.25, 0.3) is 0 Å². The van der Waals surface area contributed by atoms with Crippen molar-refractivity contribution in [1.82, 2.24) is 0 Å². The number of cyclic esters (lactones) is 1. The maximum atomic E-state index is 10.9. The van der Waals surface area contributed by atoms with E-state index in [0.717, 1.165) is 0 Å². The predicted octanol–water partition coefficient (Wildman–Crippen LogP) is 0.499. The van der Waals surface area contributed by atoms with Gasteiger partial charge in [-0.15, -0.1) is 0 Å². The minimum atomic E-state index is -0.452. The molecule has 2 atom stereocenters. The van der Waals surface area contributed by atoms with E-state index < -0.39 is 17.0 Å². The molecular weight excluding hydrogens is 188 g/mol. The van der Waals surface area contributed by atoms with Gasteiger partial charge in [-0.1, -0.05) is 0 Å². The van der Waals surface area contributed by atoms with Gasteiger partial charge in [0.05, 0.1) is 18.4 Å². The summed E-state index contributed by atoms with van der Waals surface area (Å²) in [6, 6.07) is 1.92. The lowest BCUT2D eigenvalue weighted by Crippen LogP contribution is -2.23. The summed E-state index contributed by atoms with van der Waals surface area (Å²) in [6.07, 6.45) is 0.289. The average molecular weight is 198 g/mol. The van der Waals surface area contributed by atoms with Crippen molar-refractivity contribution in [3.8, 4) is 6.07 Å². The highest BCUT2D eigenvalue weighted by Gasteiger charge is 2.37. The van der Waals surface area contributed by atoms with Gasteiger partial charge in [0.1, 0.15) is 6.10 Å². The quantitative estimate of drug-likeness (QED) is 0.372. The van der Waals surface area contributed by atoms with E-state index in [4.69, 9.17) is 10.00 Å². The Kier molecular flexibility index (Phi) is 3.40. The van der Waals surface area contributed by atoms with E-state index >= 15 is 0 Å². The van der Waals surface area contributed by atoms with Crippen molar-refractivity contribution in [3.05, 3.63) is 10.1 Å². The number of ether oxygens (including phenoxy) is 1. The normalized spacial score (nSPS) is 25.5. The maximum Gasteiger partial charge on any atom is 0.306 e. The zero-order valence-corrected chi connectivity index (χ0v) is 7.51. The third-order valence-electron chi connectivity index (χ3n) is 2.16. The van der Waals surface area contributed by atoms with Crippen LogP contribution in [0.1, 0.15) is 19.3 Å². The molecule has 1 saturated heterocycles. The van der Waals surface area contributed by atoms with Crippen molar-refractivity contribution >= 4 is 5.97 Å². The molecule has 1 aliphatic rings. The van der Waals surface area contributed by atoms with E-state index in [2.05, 4.69) is 0 Å². The van der Waals surface area contributed by atoms with Crippen LogP contribution in [0.3, 0.4) is 0 Å². The van der Waals surface area contributed by atoms with Gasteiger partial charge in [0.2, 0.25) is 6.54 Å². The summed E-state index contributed by atoms with van der Waals surface area (Å²) in [5.74, 6) is -0.773. The molecule has 0 spiro atoms. The van der Waals surface area contributed by atoms with Gasteiger partial charge < -0.3 is 4.74 Å². The Bertz CT molecular complexity index is 284. The van der Waals surface area contributed by atoms with Crippen LogP contribution in [0.2, 0.25) is 0 Å². The summed E-state index contributed by atoms with van der Waals surface area (Å²) >= 11 is 0. The summed E-state index contributed by atoms with van der Waals surface area (Å²) in [5, 5.41) is 18.6. The van der Waals surface area contributed by atoms with Crippen LogP contribution in [0.5, 0.6) is 0 Å². The summed E-state index contributed by atoms with van der Waals surface area (Å²) < 4.78 is 4.88. The number of hydrogen-bond donors (Lipinski definition) is 0. The van der Waals surface area contributed by atoms with Crippen LogP contribution < -0.4 is 0 Å². The van der Waals surface area contributed by atoms with Gasteiger partial charge in [0, 0.05) is 11.3 Å². The maximum absolute atomic E-state index is 10.9. The van der Waals surface area contributed by atoms with Crippen LogP contribution in [-0.2, 0) is 9.53 Å². The first-order chi connectivity index (χ1) is 6.63. The second kappa shape index (κ2) is 4.56. The summed E-state index contributed by atoms with van der Waals surface area (Å²) in [7, 11) is 0. The SMILES string of the molecule is N#CCC[C@H]1OC(=O)C[C@@H]1C[N+](=O)[O-]. The Labute approximate surface area is 80.6 Å². The third kappa shape index (κ3) is 2.69. The Morgan fingerprint density at radius 3 is 3.00 bits per heavy atom. The largest absolute Gasteiger partial charge is 0.462 e. The molecule has 0 aromatic rings. The first-order valence-corrected chi connectivity index (χ1v) is 4.31. The van der Waals surface area contributed by atoms with E-state index in [-0.39, 0.29) is 25.3 Å². The highest BCUT2D eigenvalue weighted by atomic mass is 16.6. The standard InChI is InChI=1S/C8H10N2O4/c9-3-1-2-7-6(5-10(12)13)4-8(11)14-7/h6-7H,1-2,4-5H2/t6-,7-/m1/s1. The van der Waals surface area contributed by atoms with Crippen molar-refractivity contribution < 1.29 is 14.5 Å². The summed E-state index contributed by atoms with van der Waals surface area (Å²) in [5.41, 5.74) is 0. The molecule has 76 valence electrons. The predicted molar refractivity (Wildman–Crippen MR) is 44.7 cm³/mol. The molecule has 1 rings (SSSR count). The monoisotopic (exact) mass is 198 g/mol. The van der Waals surface area contributed by atoms with Crippen molar-refractivity contribution in [2.45, 2.75) is 25.4 Å². The van der Waals surface area contributed by atoms with Crippen molar-refractivity contribution in [2.75, 3.05) is 6.54 Å². The van der Waals surface area contributed by atoms with Gasteiger partial charge in [0.25, 0.3) is 0 Å². The first-order valence-electron chi connectivity index (χ1n) is 4.31. The average Bonchev–Trinajstić information content (AvgIpc) is 2.41. The smallest absolute Gasteiger partial charge is 0.306 e. The fraction of sp³-hybridized carbons (Fsp3) is 0.750. The van der Waals surface area contributed by atoms with E-state index in [1.807, 2.05) is 6.07 Å². The van der Waals surface area contributed by atoms with Crippen molar-refractivity contribution in [1.29, 1.82) is 5.26 Å². The lowest BCUT2D eigenvalue weighted by molar-refractivity contribution is -0.489. The Hall–Kier alpha value is -1.64. The highest BCUT2D eigenvalue weighted by Crippen LogP contribution is 2.25. The molecule has 0 saturated carbocycles. The van der Waals surface area contributed by atoms with Crippen LogP contribution in [0.4, 0.5) is 0 Å². The highest BCUT2D eigenvalue weighted by molar-refractivity contribution is 5.72. The number of esters is 1. The molecule has 0 bridgehead atoms. The van der Waals surface area contributed by atoms with E-state index in [1.54, 1.807) is 0 Å². The molecule has 0 unspecified atom stereocenters. The van der Waals surface area contributed by atoms with Gasteiger partial charge in [-0.25, -0.2) is 0 Å². The molecular formula is C8H10N2O4. The third-order valence-corrected chi connectivity index (χ3v) is 2.16. The second-order valence-electron chi connectivity index (χ2n) is 3.20. The number of nitro groups is 1. The molecule has 6 nitrogen and oxygen atoms in total.